The summed E-state index contributed by atoms with van der Waals surface area (Å²) in [5, 5.41) is 10.4. The molecule has 5 rings (SSSR count). The number of hydrogen-bond acceptors (Lipinski definition) is 5. The van der Waals surface area contributed by atoms with Crippen molar-refractivity contribution in [2.45, 2.75) is 38.5 Å². The highest BCUT2D eigenvalue weighted by molar-refractivity contribution is 7.93. The first-order valence-electron chi connectivity index (χ1n) is 11.6. The van der Waals surface area contributed by atoms with Gasteiger partial charge in [-0.15, -0.1) is 0 Å². The fraction of sp³-hybridized carbons (Fsp3) is 0.259. The van der Waals surface area contributed by atoms with Crippen molar-refractivity contribution < 1.29 is 13.2 Å². The van der Waals surface area contributed by atoms with E-state index in [1.807, 2.05) is 67.9 Å². The topological polar surface area (TPSA) is 97.0 Å². The lowest BCUT2D eigenvalue weighted by molar-refractivity contribution is 0.306. The van der Waals surface area contributed by atoms with Crippen molar-refractivity contribution in [2.24, 2.45) is 7.05 Å². The second-order valence-electron chi connectivity index (χ2n) is 8.15. The van der Waals surface area contributed by atoms with Crippen molar-refractivity contribution in [1.29, 1.82) is 5.26 Å². The van der Waals surface area contributed by atoms with E-state index in [1.54, 1.807) is 24.5 Å². The summed E-state index contributed by atoms with van der Waals surface area (Å²) in [5.41, 5.74) is 4.54. The minimum atomic E-state index is -3.31. The van der Waals surface area contributed by atoms with Crippen LogP contribution in [0.1, 0.15) is 37.8 Å². The number of ether oxygens (including phenoxy) is 1. The van der Waals surface area contributed by atoms with Gasteiger partial charge in [0.05, 0.1) is 22.0 Å². The number of pyridine rings is 1. The molecular weight excluding hydrogens is 460 g/mol. The molecule has 8 heteroatoms. The predicted molar refractivity (Wildman–Crippen MR) is 139 cm³/mol. The van der Waals surface area contributed by atoms with Crippen LogP contribution >= 0.6 is 0 Å². The van der Waals surface area contributed by atoms with Gasteiger partial charge in [-0.1, -0.05) is 32.0 Å². The predicted octanol–water partition coefficient (Wildman–Crippen LogP) is 5.62. The lowest BCUT2D eigenvalue weighted by Crippen LogP contribution is -2.17. The zero-order valence-corrected chi connectivity index (χ0v) is 20.8. The molecule has 0 amide bonds. The van der Waals surface area contributed by atoms with Crippen LogP contribution in [-0.2, 0) is 23.7 Å². The van der Waals surface area contributed by atoms with Gasteiger partial charge in [0.1, 0.15) is 18.4 Å². The second-order valence-corrected chi connectivity index (χ2v) is 10.1. The Morgan fingerprint density at radius 3 is 2.51 bits per heavy atom. The average Bonchev–Trinajstić information content (AvgIpc) is 3.71. The van der Waals surface area contributed by atoms with Gasteiger partial charge in [0, 0.05) is 42.1 Å². The molecule has 35 heavy (non-hydrogen) atoms. The van der Waals surface area contributed by atoms with Crippen LogP contribution in [0.5, 0.6) is 5.75 Å². The summed E-state index contributed by atoms with van der Waals surface area (Å²) in [6, 6.07) is 19.0. The summed E-state index contributed by atoms with van der Waals surface area (Å²) in [6.07, 6.45) is 4.91. The number of anilines is 1. The molecule has 1 N–H and O–H groups in total. The first-order valence-corrected chi connectivity index (χ1v) is 13.2. The fourth-order valence-electron chi connectivity index (χ4n) is 3.93. The van der Waals surface area contributed by atoms with Crippen LogP contribution in [0.2, 0.25) is 0 Å². The number of benzene rings is 2. The van der Waals surface area contributed by atoms with Crippen molar-refractivity contribution >= 4 is 26.6 Å². The Balaban J connectivity index is 0.00000141. The number of nitrogens with zero attached hydrogens (tertiary/aromatic N) is 3. The van der Waals surface area contributed by atoms with Crippen LogP contribution in [0, 0.1) is 11.3 Å². The lowest BCUT2D eigenvalue weighted by atomic mass is 10.1. The molecule has 1 aliphatic carbocycles. The molecular formula is C27H28N4O3S. The highest BCUT2D eigenvalue weighted by Crippen LogP contribution is 2.35. The van der Waals surface area contributed by atoms with E-state index in [0.29, 0.717) is 36.4 Å². The first kappa shape index (κ1) is 24.3. The molecule has 0 atom stereocenters. The molecule has 0 unspecified atom stereocenters. The van der Waals surface area contributed by atoms with E-state index in [0.717, 1.165) is 27.7 Å². The summed E-state index contributed by atoms with van der Waals surface area (Å²) >= 11 is 0. The smallest absolute Gasteiger partial charge is 0.235 e. The van der Waals surface area contributed by atoms with Crippen LogP contribution in [0.15, 0.2) is 67.0 Å². The largest absolute Gasteiger partial charge is 0.489 e. The third-order valence-electron chi connectivity index (χ3n) is 5.79. The number of sulfonamides is 1. The van der Waals surface area contributed by atoms with Gasteiger partial charge in [0.25, 0.3) is 0 Å². The van der Waals surface area contributed by atoms with E-state index >= 15 is 0 Å². The van der Waals surface area contributed by atoms with Crippen molar-refractivity contribution in [3.8, 4) is 23.1 Å². The molecule has 0 aliphatic heterocycles. The molecule has 1 aliphatic rings. The SMILES string of the molecule is CC.Cn1c(-c2ccc(NS(=O)(=O)C3CC3)cc2)c(C#N)c2ccc(OCc3cccnc3)cc21. The molecule has 0 bridgehead atoms. The third-order valence-corrected chi connectivity index (χ3v) is 7.66. The molecule has 4 aromatic rings. The van der Waals surface area contributed by atoms with E-state index in [2.05, 4.69) is 15.8 Å². The van der Waals surface area contributed by atoms with Crippen LogP contribution in [0.4, 0.5) is 5.69 Å². The highest BCUT2D eigenvalue weighted by Gasteiger charge is 2.35. The van der Waals surface area contributed by atoms with Crippen LogP contribution < -0.4 is 9.46 Å². The minimum Gasteiger partial charge on any atom is -0.489 e. The monoisotopic (exact) mass is 488 g/mol. The Bertz CT molecular complexity index is 1470. The molecule has 0 saturated heterocycles. The molecule has 7 nitrogen and oxygen atoms in total. The van der Waals surface area contributed by atoms with Crippen molar-refractivity contribution in [1.82, 2.24) is 9.55 Å². The van der Waals surface area contributed by atoms with Gasteiger partial charge < -0.3 is 9.30 Å². The number of fused-ring (bicyclic) bond motifs is 1. The van der Waals surface area contributed by atoms with Gasteiger partial charge in [-0.2, -0.15) is 5.26 Å². The van der Waals surface area contributed by atoms with Crippen LogP contribution in [0.25, 0.3) is 22.2 Å². The molecule has 2 aromatic heterocycles. The molecule has 0 radical (unpaired) electrons. The van der Waals surface area contributed by atoms with Crippen molar-refractivity contribution in [3.63, 3.8) is 0 Å². The number of aryl methyl sites for hydroxylation is 1. The van der Waals surface area contributed by atoms with Gasteiger partial charge in [0.15, 0.2) is 0 Å². The normalized spacial score (nSPS) is 13.0. The second kappa shape index (κ2) is 10.2. The summed E-state index contributed by atoms with van der Waals surface area (Å²) in [6.45, 7) is 4.40. The van der Waals surface area contributed by atoms with Gasteiger partial charge in [0.2, 0.25) is 10.0 Å². The van der Waals surface area contributed by atoms with Gasteiger partial charge in [-0.05, 0) is 48.7 Å². The highest BCUT2D eigenvalue weighted by atomic mass is 32.2. The molecule has 180 valence electrons. The van der Waals surface area contributed by atoms with Crippen molar-refractivity contribution in [3.05, 3.63) is 78.1 Å². The zero-order chi connectivity index (χ0) is 25.0. The van der Waals surface area contributed by atoms with E-state index < -0.39 is 10.0 Å². The standard InChI is InChI=1S/C25H22N4O3S.C2H6/c1-29-24-13-20(32-16-17-3-2-12-27-15-17)8-11-22(24)23(14-26)25(29)18-4-6-19(7-5-18)28-33(30,31)21-9-10-21;1-2/h2-8,11-13,15,21,28H,9-10,16H2,1H3;1-2H3. The minimum absolute atomic E-state index is 0.282. The quantitative estimate of drug-likeness (QED) is 0.364. The Kier molecular flexibility index (Phi) is 7.08. The molecule has 0 spiro atoms. The van der Waals surface area contributed by atoms with Crippen LogP contribution in [0.3, 0.4) is 0 Å². The Labute approximate surface area is 206 Å². The number of aromatic nitrogens is 2. The summed E-state index contributed by atoms with van der Waals surface area (Å²) in [4.78, 5) is 4.10. The zero-order valence-electron chi connectivity index (χ0n) is 20.0. The number of rotatable bonds is 7. The molecule has 2 heterocycles. The average molecular weight is 489 g/mol. The lowest BCUT2D eigenvalue weighted by Gasteiger charge is -2.09. The van der Waals surface area contributed by atoms with E-state index in [1.165, 1.54) is 0 Å². The Morgan fingerprint density at radius 1 is 1.14 bits per heavy atom. The fourth-order valence-corrected chi connectivity index (χ4v) is 5.32. The number of nitriles is 1. The van der Waals surface area contributed by atoms with Gasteiger partial charge >= 0.3 is 0 Å². The third kappa shape index (κ3) is 5.15. The number of hydrogen-bond donors (Lipinski definition) is 1. The Hall–Kier alpha value is -3.83. The Morgan fingerprint density at radius 2 is 1.89 bits per heavy atom. The summed E-state index contributed by atoms with van der Waals surface area (Å²) in [7, 11) is -1.41. The number of nitrogens with one attached hydrogen (secondary N) is 1. The van der Waals surface area contributed by atoms with E-state index in [4.69, 9.17) is 4.74 Å². The van der Waals surface area contributed by atoms with E-state index in [9.17, 15) is 13.7 Å². The maximum absolute atomic E-state index is 12.2. The van der Waals surface area contributed by atoms with Crippen molar-refractivity contribution in [2.75, 3.05) is 4.72 Å². The molecule has 1 saturated carbocycles. The van der Waals surface area contributed by atoms with Crippen LogP contribution in [-0.4, -0.2) is 23.2 Å². The summed E-state index contributed by atoms with van der Waals surface area (Å²) in [5.74, 6) is 0.702. The first-order chi connectivity index (χ1) is 17.0. The van der Waals surface area contributed by atoms with Gasteiger partial charge in [-0.3, -0.25) is 9.71 Å². The van der Waals surface area contributed by atoms with Gasteiger partial charge in [-0.25, -0.2) is 8.42 Å². The van der Waals surface area contributed by atoms with E-state index in [-0.39, 0.29) is 5.25 Å². The molecule has 2 aromatic carbocycles. The summed E-state index contributed by atoms with van der Waals surface area (Å²) < 4.78 is 34.9. The molecule has 1 fully saturated rings. The maximum Gasteiger partial charge on any atom is 0.235 e. The maximum atomic E-state index is 12.2.